The average molecular weight is 533 g/mol. The van der Waals surface area contributed by atoms with Gasteiger partial charge >= 0.3 is 0 Å². The summed E-state index contributed by atoms with van der Waals surface area (Å²) in [7, 11) is 0. The Labute approximate surface area is 218 Å². The Morgan fingerprint density at radius 1 is 0.941 bits per heavy atom. The highest BCUT2D eigenvalue weighted by atomic mass is 35.5. The van der Waals surface area contributed by atoms with Crippen LogP contribution in [0, 0.1) is 0 Å². The van der Waals surface area contributed by atoms with E-state index in [9.17, 15) is 9.59 Å². The second kappa shape index (κ2) is 10.7. The number of halogens is 3. The van der Waals surface area contributed by atoms with Crippen molar-refractivity contribution >= 4 is 75.3 Å². The summed E-state index contributed by atoms with van der Waals surface area (Å²) in [6, 6.07) is 21.0. The van der Waals surface area contributed by atoms with E-state index in [0.717, 1.165) is 16.2 Å². The molecule has 0 unspecified atom stereocenters. The van der Waals surface area contributed by atoms with E-state index in [1.54, 1.807) is 47.4 Å². The molecule has 1 heterocycles. The van der Waals surface area contributed by atoms with E-state index in [4.69, 9.17) is 47.0 Å². The molecule has 5 nitrogen and oxygen atoms in total. The SMILES string of the molecule is O=C1C[C@H](N(CCc2ccccc2)C(=S)Nc2ccc(Cl)cc2)C(=O)N1c1c(Cl)cccc1Cl. The number of hydrogen-bond donors (Lipinski definition) is 1. The van der Waals surface area contributed by atoms with E-state index < -0.39 is 11.9 Å². The van der Waals surface area contributed by atoms with Crippen LogP contribution in [0.15, 0.2) is 72.8 Å². The summed E-state index contributed by atoms with van der Waals surface area (Å²) in [5, 5.41) is 4.55. The number of nitrogens with one attached hydrogen (secondary N) is 1. The molecule has 3 aromatic rings. The number of hydrogen-bond acceptors (Lipinski definition) is 3. The first-order valence-electron chi connectivity index (χ1n) is 10.5. The number of anilines is 2. The number of carbonyl (C=O) groups excluding carboxylic acids is 2. The molecule has 4 rings (SSSR count). The van der Waals surface area contributed by atoms with Gasteiger partial charge in [0, 0.05) is 17.3 Å². The quantitative estimate of drug-likeness (QED) is 0.302. The second-order valence-corrected chi connectivity index (χ2v) is 9.36. The molecule has 1 N–H and O–H groups in total. The number of benzene rings is 3. The predicted octanol–water partition coefficient (Wildman–Crippen LogP) is 6.22. The maximum absolute atomic E-state index is 13.5. The van der Waals surface area contributed by atoms with Crippen molar-refractivity contribution in [2.45, 2.75) is 18.9 Å². The van der Waals surface area contributed by atoms with Crippen LogP contribution in [0.3, 0.4) is 0 Å². The Kier molecular flexibility index (Phi) is 7.73. The van der Waals surface area contributed by atoms with Gasteiger partial charge in [-0.2, -0.15) is 0 Å². The smallest absolute Gasteiger partial charge is 0.257 e. The molecule has 0 radical (unpaired) electrons. The zero-order valence-corrected chi connectivity index (χ0v) is 21.0. The van der Waals surface area contributed by atoms with Crippen LogP contribution in [0.25, 0.3) is 0 Å². The summed E-state index contributed by atoms with van der Waals surface area (Å²) in [5.74, 6) is -0.808. The number of nitrogens with zero attached hydrogens (tertiary/aromatic N) is 2. The number of imide groups is 1. The zero-order valence-electron chi connectivity index (χ0n) is 17.9. The van der Waals surface area contributed by atoms with Crippen LogP contribution in [-0.2, 0) is 16.0 Å². The van der Waals surface area contributed by atoms with Gasteiger partial charge in [-0.25, -0.2) is 4.90 Å². The molecule has 1 saturated heterocycles. The van der Waals surface area contributed by atoms with E-state index in [1.807, 2.05) is 30.3 Å². The molecule has 174 valence electrons. The largest absolute Gasteiger partial charge is 0.336 e. The van der Waals surface area contributed by atoms with Gasteiger partial charge < -0.3 is 10.2 Å². The average Bonchev–Trinajstić information content (AvgIpc) is 3.10. The first-order chi connectivity index (χ1) is 16.3. The third-order valence-electron chi connectivity index (χ3n) is 5.50. The van der Waals surface area contributed by atoms with Gasteiger partial charge in [-0.1, -0.05) is 71.2 Å². The molecule has 2 amide bonds. The third-order valence-corrected chi connectivity index (χ3v) is 6.70. The van der Waals surface area contributed by atoms with Gasteiger partial charge in [-0.05, 0) is 60.6 Å². The third kappa shape index (κ3) is 5.36. The normalized spacial score (nSPS) is 15.5. The summed E-state index contributed by atoms with van der Waals surface area (Å²) in [6.45, 7) is 0.428. The molecule has 0 aromatic heterocycles. The number of para-hydroxylation sites is 1. The molecule has 3 aromatic carbocycles. The van der Waals surface area contributed by atoms with Gasteiger partial charge in [0.05, 0.1) is 22.2 Å². The fourth-order valence-electron chi connectivity index (χ4n) is 3.82. The van der Waals surface area contributed by atoms with Crippen molar-refractivity contribution in [1.29, 1.82) is 0 Å². The lowest BCUT2D eigenvalue weighted by molar-refractivity contribution is -0.122. The monoisotopic (exact) mass is 531 g/mol. The van der Waals surface area contributed by atoms with Crippen LogP contribution in [0.2, 0.25) is 15.1 Å². The van der Waals surface area contributed by atoms with Crippen LogP contribution in [0.5, 0.6) is 0 Å². The highest BCUT2D eigenvalue weighted by molar-refractivity contribution is 7.80. The van der Waals surface area contributed by atoms with Crippen molar-refractivity contribution in [2.75, 3.05) is 16.8 Å². The minimum absolute atomic E-state index is 0.0440. The van der Waals surface area contributed by atoms with Gasteiger partial charge in [-0.15, -0.1) is 0 Å². The first-order valence-corrected chi connectivity index (χ1v) is 12.1. The maximum Gasteiger partial charge on any atom is 0.257 e. The van der Waals surface area contributed by atoms with E-state index in [2.05, 4.69) is 5.32 Å². The lowest BCUT2D eigenvalue weighted by atomic mass is 10.1. The number of rotatable bonds is 6. The lowest BCUT2D eigenvalue weighted by Gasteiger charge is -2.30. The topological polar surface area (TPSA) is 52.7 Å². The van der Waals surface area contributed by atoms with Crippen LogP contribution >= 0.6 is 47.0 Å². The molecular weight excluding hydrogens is 513 g/mol. The van der Waals surface area contributed by atoms with E-state index in [-0.39, 0.29) is 28.1 Å². The summed E-state index contributed by atoms with van der Waals surface area (Å²) >= 11 is 24.3. The van der Waals surface area contributed by atoms with Crippen molar-refractivity contribution in [2.24, 2.45) is 0 Å². The van der Waals surface area contributed by atoms with Crippen molar-refractivity contribution in [1.82, 2.24) is 4.90 Å². The second-order valence-electron chi connectivity index (χ2n) is 7.72. The molecule has 1 atom stereocenters. The van der Waals surface area contributed by atoms with E-state index in [1.165, 1.54) is 0 Å². The molecule has 0 spiro atoms. The molecular formula is C25H20Cl3N3O2S. The zero-order chi connectivity index (χ0) is 24.2. The molecule has 0 aliphatic carbocycles. The summed E-state index contributed by atoms with van der Waals surface area (Å²) in [6.07, 6.45) is 0.589. The Morgan fingerprint density at radius 2 is 1.59 bits per heavy atom. The molecule has 1 aliphatic rings. The van der Waals surface area contributed by atoms with Gasteiger partial charge in [0.1, 0.15) is 6.04 Å². The van der Waals surface area contributed by atoms with Crippen LogP contribution in [-0.4, -0.2) is 34.4 Å². The van der Waals surface area contributed by atoms with E-state index in [0.29, 0.717) is 23.1 Å². The van der Waals surface area contributed by atoms with Crippen LogP contribution < -0.4 is 10.2 Å². The fourth-order valence-corrected chi connectivity index (χ4v) is 4.85. The van der Waals surface area contributed by atoms with Crippen molar-refractivity contribution in [3.63, 3.8) is 0 Å². The Hall–Kier alpha value is -2.64. The Bertz CT molecular complexity index is 1200. The highest BCUT2D eigenvalue weighted by Crippen LogP contribution is 2.37. The Morgan fingerprint density at radius 3 is 2.24 bits per heavy atom. The fraction of sp³-hybridized carbons (Fsp3) is 0.160. The molecule has 34 heavy (non-hydrogen) atoms. The summed E-state index contributed by atoms with van der Waals surface area (Å²) < 4.78 is 0. The number of carbonyl (C=O) groups is 2. The summed E-state index contributed by atoms with van der Waals surface area (Å²) in [5.41, 5.74) is 2.01. The minimum atomic E-state index is -0.796. The van der Waals surface area contributed by atoms with Gasteiger partial charge in [0.15, 0.2) is 5.11 Å². The standard InChI is InChI=1S/C25H20Cl3N3O2S/c26-17-9-11-18(12-10-17)29-25(34)30(14-13-16-5-2-1-3-6-16)21-15-22(32)31(24(21)33)23-19(27)7-4-8-20(23)28/h1-12,21H,13-15H2,(H,29,34)/t21-/m0/s1. The van der Waals surface area contributed by atoms with Gasteiger partial charge in [0.25, 0.3) is 5.91 Å². The van der Waals surface area contributed by atoms with Gasteiger partial charge in [-0.3, -0.25) is 9.59 Å². The van der Waals surface area contributed by atoms with Crippen LogP contribution in [0.4, 0.5) is 11.4 Å². The number of amides is 2. The molecule has 0 saturated carbocycles. The van der Waals surface area contributed by atoms with Crippen LogP contribution in [0.1, 0.15) is 12.0 Å². The van der Waals surface area contributed by atoms with Crippen molar-refractivity contribution in [3.05, 3.63) is 93.4 Å². The number of thiocarbonyl (C=S) groups is 1. The maximum atomic E-state index is 13.5. The van der Waals surface area contributed by atoms with Crippen molar-refractivity contribution < 1.29 is 9.59 Å². The first kappa shape index (κ1) is 24.5. The predicted molar refractivity (Wildman–Crippen MR) is 142 cm³/mol. The molecule has 9 heteroatoms. The summed E-state index contributed by atoms with van der Waals surface area (Å²) in [4.78, 5) is 29.3. The lowest BCUT2D eigenvalue weighted by Crippen LogP contribution is -2.48. The van der Waals surface area contributed by atoms with Crippen molar-refractivity contribution in [3.8, 4) is 0 Å². The Balaban J connectivity index is 1.62. The minimum Gasteiger partial charge on any atom is -0.336 e. The molecule has 0 bridgehead atoms. The molecule has 1 aliphatic heterocycles. The van der Waals surface area contributed by atoms with E-state index >= 15 is 0 Å². The van der Waals surface area contributed by atoms with Gasteiger partial charge in [0.2, 0.25) is 5.91 Å². The molecule has 1 fully saturated rings. The highest BCUT2D eigenvalue weighted by Gasteiger charge is 2.44.